The van der Waals surface area contributed by atoms with Gasteiger partial charge in [-0.25, -0.2) is 4.39 Å². The molecule has 1 amide bonds. The van der Waals surface area contributed by atoms with Crippen molar-refractivity contribution in [1.82, 2.24) is 10.2 Å². The number of carbonyl (C=O) groups is 1. The molecule has 2 rings (SSSR count). The third-order valence-electron chi connectivity index (χ3n) is 4.30. The summed E-state index contributed by atoms with van der Waals surface area (Å²) in [4.78, 5) is 14.0. The van der Waals surface area contributed by atoms with Crippen molar-refractivity contribution in [3.8, 4) is 5.75 Å². The number of ether oxygens (including phenoxy) is 1. The summed E-state index contributed by atoms with van der Waals surface area (Å²) >= 11 is 0. The predicted octanol–water partition coefficient (Wildman–Crippen LogP) is 3.19. The van der Waals surface area contributed by atoms with Crippen LogP contribution in [0.1, 0.15) is 24.1 Å². The number of benzene rings is 2. The summed E-state index contributed by atoms with van der Waals surface area (Å²) in [6.07, 6.45) is 0.771. The average Bonchev–Trinajstić information content (AvgIpc) is 2.62. The van der Waals surface area contributed by atoms with Crippen molar-refractivity contribution >= 4 is 5.91 Å². The second-order valence-corrected chi connectivity index (χ2v) is 6.09. The lowest BCUT2D eigenvalue weighted by atomic mass is 10.1. The van der Waals surface area contributed by atoms with E-state index < -0.39 is 0 Å². The van der Waals surface area contributed by atoms with E-state index >= 15 is 0 Å². The summed E-state index contributed by atoms with van der Waals surface area (Å²) in [5.74, 6) is 0.545. The first-order valence-corrected chi connectivity index (χ1v) is 8.35. The molecule has 0 radical (unpaired) electrons. The lowest BCUT2D eigenvalue weighted by Crippen LogP contribution is -2.37. The van der Waals surface area contributed by atoms with Crippen molar-refractivity contribution in [3.05, 3.63) is 65.5 Å². The van der Waals surface area contributed by atoms with Gasteiger partial charge in [0.25, 0.3) is 0 Å². The van der Waals surface area contributed by atoms with E-state index in [1.165, 1.54) is 12.1 Å². The molecule has 0 aliphatic carbocycles. The van der Waals surface area contributed by atoms with Crippen LogP contribution in [0.5, 0.6) is 5.75 Å². The molecule has 0 spiro atoms. The van der Waals surface area contributed by atoms with Crippen LogP contribution in [-0.2, 0) is 11.2 Å². The number of hydrogen-bond acceptors (Lipinski definition) is 3. The number of nitrogens with zero attached hydrogens (tertiary/aromatic N) is 1. The van der Waals surface area contributed by atoms with Gasteiger partial charge in [-0.05, 0) is 55.8 Å². The van der Waals surface area contributed by atoms with Crippen LogP contribution in [0.3, 0.4) is 0 Å². The van der Waals surface area contributed by atoms with Gasteiger partial charge in [-0.1, -0.05) is 24.3 Å². The summed E-state index contributed by atoms with van der Waals surface area (Å²) in [5, 5.41) is 2.93. The molecule has 1 unspecified atom stereocenters. The lowest BCUT2D eigenvalue weighted by molar-refractivity contribution is -0.122. The maximum atomic E-state index is 13.0. The summed E-state index contributed by atoms with van der Waals surface area (Å²) in [7, 11) is 3.52. The van der Waals surface area contributed by atoms with E-state index in [4.69, 9.17) is 4.74 Å². The van der Waals surface area contributed by atoms with Gasteiger partial charge >= 0.3 is 0 Å². The highest BCUT2D eigenvalue weighted by molar-refractivity contribution is 5.78. The Hall–Kier alpha value is -2.40. The molecule has 0 bridgehead atoms. The van der Waals surface area contributed by atoms with Crippen LogP contribution in [0.2, 0.25) is 0 Å². The molecule has 1 atom stereocenters. The number of likely N-dealkylation sites (N-methyl/N-ethyl adjacent to an activating group) is 1. The molecule has 5 heteroatoms. The zero-order valence-corrected chi connectivity index (χ0v) is 15.0. The SMILES string of the molecule is COc1ccc(CCNC(=O)CN(C)C(C)c2ccc(F)cc2)cc1. The Morgan fingerprint density at radius 1 is 1.16 bits per heavy atom. The molecule has 0 saturated carbocycles. The Balaban J connectivity index is 1.75. The molecule has 0 fully saturated rings. The highest BCUT2D eigenvalue weighted by Crippen LogP contribution is 2.18. The zero-order chi connectivity index (χ0) is 18.2. The van der Waals surface area contributed by atoms with Gasteiger partial charge in [0.05, 0.1) is 13.7 Å². The Kier molecular flexibility index (Phi) is 6.95. The minimum absolute atomic E-state index is 0.0232. The molecule has 0 aliphatic rings. The van der Waals surface area contributed by atoms with E-state index in [-0.39, 0.29) is 17.8 Å². The molecule has 0 aliphatic heterocycles. The fourth-order valence-corrected chi connectivity index (χ4v) is 2.55. The number of methoxy groups -OCH3 is 1. The molecule has 25 heavy (non-hydrogen) atoms. The van der Waals surface area contributed by atoms with Gasteiger partial charge in [-0.2, -0.15) is 0 Å². The van der Waals surface area contributed by atoms with E-state index in [1.807, 2.05) is 43.1 Å². The van der Waals surface area contributed by atoms with Crippen LogP contribution < -0.4 is 10.1 Å². The molecular formula is C20H25FN2O2. The van der Waals surface area contributed by atoms with Crippen molar-refractivity contribution in [2.24, 2.45) is 0 Å². The fourth-order valence-electron chi connectivity index (χ4n) is 2.55. The summed E-state index contributed by atoms with van der Waals surface area (Å²) in [6, 6.07) is 14.2. The van der Waals surface area contributed by atoms with Gasteiger partial charge in [0.2, 0.25) is 5.91 Å². The van der Waals surface area contributed by atoms with Crippen molar-refractivity contribution in [2.45, 2.75) is 19.4 Å². The van der Waals surface area contributed by atoms with Gasteiger partial charge < -0.3 is 10.1 Å². The molecule has 0 heterocycles. The average molecular weight is 344 g/mol. The number of nitrogens with one attached hydrogen (secondary N) is 1. The Bertz CT molecular complexity index is 671. The number of amides is 1. The quantitative estimate of drug-likeness (QED) is 0.800. The summed E-state index contributed by atoms with van der Waals surface area (Å²) in [6.45, 7) is 2.88. The van der Waals surface area contributed by atoms with Gasteiger partial charge in [0, 0.05) is 12.6 Å². The number of hydrogen-bond donors (Lipinski definition) is 1. The van der Waals surface area contributed by atoms with Crippen LogP contribution in [0.4, 0.5) is 4.39 Å². The second kappa shape index (κ2) is 9.18. The van der Waals surface area contributed by atoms with Crippen molar-refractivity contribution in [2.75, 3.05) is 27.2 Å². The minimum atomic E-state index is -0.255. The van der Waals surface area contributed by atoms with Gasteiger partial charge in [-0.3, -0.25) is 9.69 Å². The largest absolute Gasteiger partial charge is 0.497 e. The smallest absolute Gasteiger partial charge is 0.234 e. The Labute approximate surface area is 148 Å². The fraction of sp³-hybridized carbons (Fsp3) is 0.350. The maximum absolute atomic E-state index is 13.0. The lowest BCUT2D eigenvalue weighted by Gasteiger charge is -2.24. The normalized spacial score (nSPS) is 12.0. The van der Waals surface area contributed by atoms with Crippen LogP contribution in [0.15, 0.2) is 48.5 Å². The Morgan fingerprint density at radius 3 is 2.40 bits per heavy atom. The summed E-state index contributed by atoms with van der Waals surface area (Å²) < 4.78 is 18.1. The Morgan fingerprint density at radius 2 is 1.80 bits per heavy atom. The minimum Gasteiger partial charge on any atom is -0.497 e. The first-order chi connectivity index (χ1) is 12.0. The van der Waals surface area contributed by atoms with E-state index in [2.05, 4.69) is 5.32 Å². The van der Waals surface area contributed by atoms with Crippen molar-refractivity contribution in [1.29, 1.82) is 0 Å². The molecule has 1 N–H and O–H groups in total. The first kappa shape index (κ1) is 18.9. The van der Waals surface area contributed by atoms with E-state index in [0.29, 0.717) is 13.1 Å². The molecule has 2 aromatic carbocycles. The molecule has 4 nitrogen and oxygen atoms in total. The molecular weight excluding hydrogens is 319 g/mol. The van der Waals surface area contributed by atoms with Gasteiger partial charge in [0.1, 0.15) is 11.6 Å². The third kappa shape index (κ3) is 5.87. The van der Waals surface area contributed by atoms with Crippen molar-refractivity contribution in [3.63, 3.8) is 0 Å². The van der Waals surface area contributed by atoms with E-state index in [0.717, 1.165) is 23.3 Å². The molecule has 0 saturated heterocycles. The predicted molar refractivity (Wildman–Crippen MR) is 97.2 cm³/mol. The number of carbonyl (C=O) groups excluding carboxylic acids is 1. The molecule has 2 aromatic rings. The van der Waals surface area contributed by atoms with Gasteiger partial charge in [-0.15, -0.1) is 0 Å². The maximum Gasteiger partial charge on any atom is 0.234 e. The van der Waals surface area contributed by atoms with Crippen LogP contribution in [-0.4, -0.2) is 38.1 Å². The monoisotopic (exact) mass is 344 g/mol. The standard InChI is InChI=1S/C20H25FN2O2/c1-15(17-6-8-18(21)9-7-17)23(2)14-20(24)22-13-12-16-4-10-19(25-3)11-5-16/h4-11,15H,12-14H2,1-3H3,(H,22,24). The van der Waals surface area contributed by atoms with Crippen LogP contribution >= 0.6 is 0 Å². The van der Waals surface area contributed by atoms with E-state index in [9.17, 15) is 9.18 Å². The first-order valence-electron chi connectivity index (χ1n) is 8.35. The zero-order valence-electron chi connectivity index (χ0n) is 15.0. The number of rotatable bonds is 8. The second-order valence-electron chi connectivity index (χ2n) is 6.09. The van der Waals surface area contributed by atoms with Crippen LogP contribution in [0, 0.1) is 5.82 Å². The van der Waals surface area contributed by atoms with Crippen molar-refractivity contribution < 1.29 is 13.9 Å². The van der Waals surface area contributed by atoms with E-state index in [1.54, 1.807) is 19.2 Å². The number of halogens is 1. The van der Waals surface area contributed by atoms with Gasteiger partial charge in [0.15, 0.2) is 0 Å². The molecule has 0 aromatic heterocycles. The topological polar surface area (TPSA) is 41.6 Å². The highest BCUT2D eigenvalue weighted by Gasteiger charge is 2.14. The summed E-state index contributed by atoms with van der Waals surface area (Å²) in [5.41, 5.74) is 2.13. The highest BCUT2D eigenvalue weighted by atomic mass is 19.1. The molecule has 134 valence electrons. The van der Waals surface area contributed by atoms with Crippen LogP contribution in [0.25, 0.3) is 0 Å². The third-order valence-corrected chi connectivity index (χ3v) is 4.30.